The van der Waals surface area contributed by atoms with Crippen LogP contribution in [0.2, 0.25) is 0 Å². The fourth-order valence-electron chi connectivity index (χ4n) is 3.17. The lowest BCUT2D eigenvalue weighted by Gasteiger charge is -2.33. The van der Waals surface area contributed by atoms with Crippen LogP contribution in [0.1, 0.15) is 46.1 Å². The van der Waals surface area contributed by atoms with Gasteiger partial charge in [0.2, 0.25) is 0 Å². The summed E-state index contributed by atoms with van der Waals surface area (Å²) in [6.07, 6.45) is 2.11. The SMILES string of the molecule is CCNC(=NCCS(=O)(=O)C(C)(C)C)NC1CCN(Cc2ccccc2)CC1.I. The lowest BCUT2D eigenvalue weighted by molar-refractivity contribution is 0.198. The molecule has 1 heterocycles. The van der Waals surface area contributed by atoms with Gasteiger partial charge in [0.05, 0.1) is 17.0 Å². The molecule has 2 rings (SSSR count). The van der Waals surface area contributed by atoms with Crippen LogP contribution in [-0.4, -0.2) is 62.0 Å². The lowest BCUT2D eigenvalue weighted by atomic mass is 10.0. The Kier molecular flexibility index (Phi) is 10.9. The van der Waals surface area contributed by atoms with Crippen LogP contribution in [0.4, 0.5) is 0 Å². The van der Waals surface area contributed by atoms with Crippen molar-refractivity contribution < 1.29 is 8.42 Å². The summed E-state index contributed by atoms with van der Waals surface area (Å²) in [7, 11) is -3.15. The molecule has 8 heteroatoms. The molecule has 1 fully saturated rings. The smallest absolute Gasteiger partial charge is 0.191 e. The number of aliphatic imine (C=N–C) groups is 1. The van der Waals surface area contributed by atoms with Gasteiger partial charge in [-0.3, -0.25) is 9.89 Å². The third-order valence-corrected chi connectivity index (χ3v) is 7.67. The van der Waals surface area contributed by atoms with Gasteiger partial charge in [0.1, 0.15) is 0 Å². The highest BCUT2D eigenvalue weighted by Crippen LogP contribution is 2.16. The van der Waals surface area contributed by atoms with E-state index in [9.17, 15) is 8.42 Å². The van der Waals surface area contributed by atoms with E-state index < -0.39 is 14.6 Å². The highest BCUT2D eigenvalue weighted by Gasteiger charge is 2.28. The monoisotopic (exact) mass is 536 g/mol. The molecule has 0 atom stereocenters. The van der Waals surface area contributed by atoms with Crippen molar-refractivity contribution in [3.63, 3.8) is 0 Å². The number of nitrogens with zero attached hydrogens (tertiary/aromatic N) is 2. The molecule has 0 aromatic heterocycles. The normalized spacial score (nSPS) is 16.9. The predicted molar refractivity (Wildman–Crippen MR) is 133 cm³/mol. The molecule has 2 N–H and O–H groups in total. The van der Waals surface area contributed by atoms with E-state index in [1.165, 1.54) is 5.56 Å². The van der Waals surface area contributed by atoms with Crippen LogP contribution in [0.3, 0.4) is 0 Å². The number of hydrogen-bond acceptors (Lipinski definition) is 4. The summed E-state index contributed by atoms with van der Waals surface area (Å²) in [4.78, 5) is 6.97. The molecule has 0 bridgehead atoms. The molecule has 0 spiro atoms. The van der Waals surface area contributed by atoms with E-state index in [1.54, 1.807) is 20.8 Å². The summed E-state index contributed by atoms with van der Waals surface area (Å²) >= 11 is 0. The van der Waals surface area contributed by atoms with Crippen LogP contribution in [0, 0.1) is 0 Å². The van der Waals surface area contributed by atoms with Gasteiger partial charge in [-0.05, 0) is 46.1 Å². The third-order valence-electron chi connectivity index (χ3n) is 5.08. The number of sulfone groups is 1. The number of benzene rings is 1. The second-order valence-corrected chi connectivity index (χ2v) is 11.2. The summed E-state index contributed by atoms with van der Waals surface area (Å²) in [5.41, 5.74) is 1.35. The van der Waals surface area contributed by atoms with Crippen LogP contribution in [-0.2, 0) is 16.4 Å². The average Bonchev–Trinajstić information content (AvgIpc) is 2.63. The quantitative estimate of drug-likeness (QED) is 0.319. The second-order valence-electron chi connectivity index (χ2n) is 8.37. The molecule has 0 radical (unpaired) electrons. The lowest BCUT2D eigenvalue weighted by Crippen LogP contribution is -2.48. The molecule has 166 valence electrons. The zero-order chi connectivity index (χ0) is 20.6. The van der Waals surface area contributed by atoms with Gasteiger partial charge in [0.15, 0.2) is 15.8 Å². The van der Waals surface area contributed by atoms with E-state index in [0.29, 0.717) is 12.0 Å². The van der Waals surface area contributed by atoms with Crippen molar-refractivity contribution in [1.82, 2.24) is 15.5 Å². The number of guanidine groups is 1. The van der Waals surface area contributed by atoms with Crippen LogP contribution in [0.15, 0.2) is 35.3 Å². The summed E-state index contributed by atoms with van der Waals surface area (Å²) in [5, 5.41) is 6.72. The first kappa shape index (κ1) is 26.2. The van der Waals surface area contributed by atoms with E-state index >= 15 is 0 Å². The van der Waals surface area contributed by atoms with Crippen molar-refractivity contribution in [3.05, 3.63) is 35.9 Å². The fraction of sp³-hybridized carbons (Fsp3) is 0.667. The minimum atomic E-state index is -3.15. The minimum absolute atomic E-state index is 0. The number of halogens is 1. The summed E-state index contributed by atoms with van der Waals surface area (Å²) < 4.78 is 23.8. The third kappa shape index (κ3) is 8.80. The topological polar surface area (TPSA) is 73.8 Å². The Morgan fingerprint density at radius 2 is 1.79 bits per heavy atom. The van der Waals surface area contributed by atoms with Crippen LogP contribution in [0.5, 0.6) is 0 Å². The number of nitrogens with one attached hydrogen (secondary N) is 2. The van der Waals surface area contributed by atoms with Gasteiger partial charge >= 0.3 is 0 Å². The minimum Gasteiger partial charge on any atom is -0.357 e. The van der Waals surface area contributed by atoms with E-state index in [0.717, 1.165) is 39.0 Å². The van der Waals surface area contributed by atoms with Crippen molar-refractivity contribution in [2.45, 2.75) is 57.9 Å². The molecule has 1 aliphatic heterocycles. The Morgan fingerprint density at radius 3 is 2.34 bits per heavy atom. The number of piperidine rings is 1. The van der Waals surface area contributed by atoms with E-state index in [4.69, 9.17) is 0 Å². The molecule has 1 aliphatic rings. The first-order valence-corrected chi connectivity index (χ1v) is 11.9. The summed E-state index contributed by atoms with van der Waals surface area (Å²) in [6, 6.07) is 10.9. The first-order chi connectivity index (χ1) is 13.2. The molecule has 1 aromatic carbocycles. The van der Waals surface area contributed by atoms with Crippen LogP contribution in [0.25, 0.3) is 0 Å². The fourth-order valence-corrected chi connectivity index (χ4v) is 4.12. The number of hydrogen-bond donors (Lipinski definition) is 2. The Balaban J connectivity index is 0.00000420. The van der Waals surface area contributed by atoms with Gasteiger partial charge in [-0.2, -0.15) is 0 Å². The average molecular weight is 537 g/mol. The van der Waals surface area contributed by atoms with Gasteiger partial charge in [-0.15, -0.1) is 24.0 Å². The Hall–Kier alpha value is -0.870. The summed E-state index contributed by atoms with van der Waals surface area (Å²) in [5.74, 6) is 0.788. The molecular weight excluding hydrogens is 499 g/mol. The van der Waals surface area contributed by atoms with Crippen LogP contribution >= 0.6 is 24.0 Å². The highest BCUT2D eigenvalue weighted by molar-refractivity contribution is 14.0. The van der Waals surface area contributed by atoms with Gasteiger partial charge in [0, 0.05) is 32.2 Å². The number of likely N-dealkylation sites (tertiary alicyclic amines) is 1. The molecule has 1 aromatic rings. The largest absolute Gasteiger partial charge is 0.357 e. The van der Waals surface area contributed by atoms with Crippen molar-refractivity contribution in [2.24, 2.45) is 4.99 Å². The molecule has 0 aliphatic carbocycles. The maximum atomic E-state index is 12.3. The second kappa shape index (κ2) is 12.1. The Bertz CT molecular complexity index is 725. The zero-order valence-corrected chi connectivity index (χ0v) is 21.3. The summed E-state index contributed by atoms with van der Waals surface area (Å²) in [6.45, 7) is 11.3. The highest BCUT2D eigenvalue weighted by atomic mass is 127. The van der Waals surface area contributed by atoms with Crippen molar-refractivity contribution in [2.75, 3.05) is 31.9 Å². The molecule has 0 saturated carbocycles. The maximum absolute atomic E-state index is 12.3. The van der Waals surface area contributed by atoms with Gasteiger partial charge in [-0.1, -0.05) is 30.3 Å². The van der Waals surface area contributed by atoms with Crippen LogP contribution < -0.4 is 10.6 Å². The van der Waals surface area contributed by atoms with E-state index in [2.05, 4.69) is 44.8 Å². The van der Waals surface area contributed by atoms with Gasteiger partial charge in [-0.25, -0.2) is 8.42 Å². The Labute approximate surface area is 193 Å². The molecule has 29 heavy (non-hydrogen) atoms. The van der Waals surface area contributed by atoms with Gasteiger partial charge < -0.3 is 10.6 Å². The number of rotatable bonds is 7. The molecule has 6 nitrogen and oxygen atoms in total. The molecule has 0 unspecified atom stereocenters. The van der Waals surface area contributed by atoms with Crippen molar-refractivity contribution >= 4 is 39.8 Å². The van der Waals surface area contributed by atoms with E-state index in [-0.39, 0.29) is 36.3 Å². The van der Waals surface area contributed by atoms with Crippen molar-refractivity contribution in [3.8, 4) is 0 Å². The maximum Gasteiger partial charge on any atom is 0.191 e. The Morgan fingerprint density at radius 1 is 1.17 bits per heavy atom. The predicted octanol–water partition coefficient (Wildman–Crippen LogP) is 3.04. The van der Waals surface area contributed by atoms with Gasteiger partial charge in [0.25, 0.3) is 0 Å². The van der Waals surface area contributed by atoms with Crippen molar-refractivity contribution in [1.29, 1.82) is 0 Å². The molecule has 0 amide bonds. The molecular formula is C21H37IN4O2S. The first-order valence-electron chi connectivity index (χ1n) is 10.2. The molecule has 1 saturated heterocycles. The zero-order valence-electron chi connectivity index (χ0n) is 18.1. The van der Waals surface area contributed by atoms with E-state index in [1.807, 2.05) is 13.0 Å². The standard InChI is InChI=1S/C21H36N4O2S.HI/c1-5-22-20(23-13-16-28(26,27)21(2,3)4)24-19-11-14-25(15-12-19)17-18-9-7-6-8-10-18;/h6-10,19H,5,11-17H2,1-4H3,(H2,22,23,24);1H.